The predicted octanol–water partition coefficient (Wildman–Crippen LogP) is 5.47. The first kappa shape index (κ1) is 30.2. The second-order valence-corrected chi connectivity index (χ2v) is 9.93. The highest BCUT2D eigenvalue weighted by atomic mass is 16.5. The second-order valence-electron chi connectivity index (χ2n) is 9.93. The number of benzene rings is 3. The van der Waals surface area contributed by atoms with E-state index in [0.717, 1.165) is 71.1 Å². The summed E-state index contributed by atoms with van der Waals surface area (Å²) in [6, 6.07) is 17.7. The molecular formula is C32H40O7. The Balaban J connectivity index is 0.000000357. The highest BCUT2D eigenvalue weighted by molar-refractivity contribution is 5.72. The van der Waals surface area contributed by atoms with Gasteiger partial charge in [0.1, 0.15) is 30.1 Å². The SMILES string of the molecule is CO.C[C@@H]1CCC(O)CO1.Cc1cc(O)cc(C)c1-c1cccc(COc2ccc3c(c2)OCC3CC=O)c1. The van der Waals surface area contributed by atoms with Crippen LogP contribution in [0, 0.1) is 13.8 Å². The third kappa shape index (κ3) is 8.30. The number of hydrogen-bond donors (Lipinski definition) is 3. The number of aliphatic hydroxyl groups is 2. The molecule has 1 saturated heterocycles. The lowest BCUT2D eigenvalue weighted by atomic mass is 9.94. The molecule has 2 unspecified atom stereocenters. The van der Waals surface area contributed by atoms with Crippen LogP contribution < -0.4 is 9.47 Å². The number of hydrogen-bond acceptors (Lipinski definition) is 7. The molecule has 39 heavy (non-hydrogen) atoms. The van der Waals surface area contributed by atoms with E-state index in [4.69, 9.17) is 24.4 Å². The third-order valence-electron chi connectivity index (χ3n) is 6.86. The number of aromatic hydroxyl groups is 1. The number of carbonyl (C=O) groups is 1. The van der Waals surface area contributed by atoms with E-state index in [-0.39, 0.29) is 17.8 Å². The van der Waals surface area contributed by atoms with E-state index in [1.54, 1.807) is 12.1 Å². The molecule has 0 spiro atoms. The van der Waals surface area contributed by atoms with Gasteiger partial charge in [0, 0.05) is 31.1 Å². The number of aliphatic hydroxyl groups excluding tert-OH is 2. The molecular weight excluding hydrogens is 496 g/mol. The van der Waals surface area contributed by atoms with Crippen molar-refractivity contribution in [2.75, 3.05) is 20.3 Å². The number of rotatable bonds is 6. The summed E-state index contributed by atoms with van der Waals surface area (Å²) in [5.41, 5.74) is 6.47. The van der Waals surface area contributed by atoms with E-state index in [9.17, 15) is 9.90 Å². The smallest absolute Gasteiger partial charge is 0.126 e. The summed E-state index contributed by atoms with van der Waals surface area (Å²) in [6.07, 6.45) is 3.49. The number of ether oxygens (including phenoxy) is 3. The van der Waals surface area contributed by atoms with Gasteiger partial charge in [-0.1, -0.05) is 24.3 Å². The minimum absolute atomic E-state index is 0.144. The number of phenols is 1. The van der Waals surface area contributed by atoms with Crippen LogP contribution in [-0.2, 0) is 16.1 Å². The molecule has 3 atom stereocenters. The molecule has 7 heteroatoms. The molecule has 3 aromatic rings. The van der Waals surface area contributed by atoms with Gasteiger partial charge in [0.25, 0.3) is 0 Å². The second kappa shape index (κ2) is 14.7. The minimum atomic E-state index is -0.203. The molecule has 3 aromatic carbocycles. The maximum atomic E-state index is 10.8. The Kier molecular flexibility index (Phi) is 11.3. The van der Waals surface area contributed by atoms with Gasteiger partial charge in [0.15, 0.2) is 0 Å². The lowest BCUT2D eigenvalue weighted by molar-refractivity contribution is -0.108. The number of carbonyl (C=O) groups excluding carboxylic acids is 1. The summed E-state index contributed by atoms with van der Waals surface area (Å²) in [7, 11) is 1.00. The van der Waals surface area contributed by atoms with Gasteiger partial charge >= 0.3 is 0 Å². The van der Waals surface area contributed by atoms with E-state index in [1.165, 1.54) is 0 Å². The number of phenolic OH excluding ortho intramolecular Hbond substituents is 1. The Labute approximate surface area is 231 Å². The first-order valence-electron chi connectivity index (χ1n) is 13.3. The third-order valence-corrected chi connectivity index (χ3v) is 6.86. The average Bonchev–Trinajstić information content (AvgIpc) is 3.32. The van der Waals surface area contributed by atoms with Gasteiger partial charge in [0.05, 0.1) is 25.4 Å². The molecule has 0 aromatic heterocycles. The highest BCUT2D eigenvalue weighted by Crippen LogP contribution is 2.38. The fraction of sp³-hybridized carbons (Fsp3) is 0.406. The van der Waals surface area contributed by atoms with Crippen LogP contribution in [-0.4, -0.2) is 54.1 Å². The van der Waals surface area contributed by atoms with Crippen molar-refractivity contribution >= 4 is 6.29 Å². The summed E-state index contributed by atoms with van der Waals surface area (Å²) >= 11 is 0. The van der Waals surface area contributed by atoms with Gasteiger partial charge in [-0.2, -0.15) is 0 Å². The van der Waals surface area contributed by atoms with Crippen molar-refractivity contribution in [3.8, 4) is 28.4 Å². The Morgan fingerprint density at radius 1 is 1.00 bits per heavy atom. The monoisotopic (exact) mass is 536 g/mol. The van der Waals surface area contributed by atoms with Crippen LogP contribution in [0.25, 0.3) is 11.1 Å². The quantitative estimate of drug-likeness (QED) is 0.359. The van der Waals surface area contributed by atoms with Gasteiger partial charge in [0.2, 0.25) is 0 Å². The van der Waals surface area contributed by atoms with Gasteiger partial charge in [-0.3, -0.25) is 0 Å². The molecule has 3 N–H and O–H groups in total. The standard InChI is InChI=1S/C25H24O4.C6H12O2.CH4O/c1-16-10-21(27)11-17(2)25(16)19-5-3-4-18(12-19)14-28-22-6-7-23-20(8-9-26)15-29-24(23)13-22;1-5-2-3-6(7)4-8-5;1-2/h3-7,9-13,20,27H,8,14-15H2,1-2H3;5-7H,2-4H2,1H3;2H,1H3/t;5-,6?;/m.1./s1. The van der Waals surface area contributed by atoms with Crippen LogP contribution in [0.2, 0.25) is 0 Å². The number of aryl methyl sites for hydroxylation is 2. The molecule has 2 aliphatic rings. The molecule has 210 valence electrons. The molecule has 0 bridgehead atoms. The fourth-order valence-electron chi connectivity index (χ4n) is 4.91. The summed E-state index contributed by atoms with van der Waals surface area (Å²) in [5.74, 6) is 1.99. The summed E-state index contributed by atoms with van der Waals surface area (Å²) in [5, 5.41) is 25.7. The molecule has 7 nitrogen and oxygen atoms in total. The van der Waals surface area contributed by atoms with Crippen molar-refractivity contribution in [3.05, 3.63) is 76.9 Å². The van der Waals surface area contributed by atoms with Crippen LogP contribution in [0.4, 0.5) is 0 Å². The van der Waals surface area contributed by atoms with Gasteiger partial charge in [-0.05, 0) is 85.7 Å². The summed E-state index contributed by atoms with van der Waals surface area (Å²) in [4.78, 5) is 10.8. The van der Waals surface area contributed by atoms with Crippen molar-refractivity contribution in [1.29, 1.82) is 0 Å². The molecule has 2 aliphatic heterocycles. The number of aldehydes is 1. The van der Waals surface area contributed by atoms with E-state index < -0.39 is 0 Å². The zero-order valence-electron chi connectivity index (χ0n) is 23.2. The first-order chi connectivity index (χ1) is 18.8. The van der Waals surface area contributed by atoms with E-state index >= 15 is 0 Å². The summed E-state index contributed by atoms with van der Waals surface area (Å²) < 4.78 is 16.8. The van der Waals surface area contributed by atoms with Crippen molar-refractivity contribution in [2.24, 2.45) is 0 Å². The lowest BCUT2D eigenvalue weighted by Gasteiger charge is -2.22. The molecule has 5 rings (SSSR count). The molecule has 0 amide bonds. The van der Waals surface area contributed by atoms with Crippen molar-refractivity contribution in [3.63, 3.8) is 0 Å². The Morgan fingerprint density at radius 3 is 2.38 bits per heavy atom. The van der Waals surface area contributed by atoms with Crippen LogP contribution in [0.1, 0.15) is 54.4 Å². The van der Waals surface area contributed by atoms with Crippen molar-refractivity contribution in [2.45, 2.75) is 64.8 Å². The number of fused-ring (bicyclic) bond motifs is 1. The Morgan fingerprint density at radius 2 is 1.74 bits per heavy atom. The van der Waals surface area contributed by atoms with Crippen LogP contribution >= 0.6 is 0 Å². The van der Waals surface area contributed by atoms with Crippen LogP contribution in [0.3, 0.4) is 0 Å². The molecule has 2 heterocycles. The predicted molar refractivity (Wildman–Crippen MR) is 152 cm³/mol. The summed E-state index contributed by atoms with van der Waals surface area (Å²) in [6.45, 7) is 7.57. The largest absolute Gasteiger partial charge is 0.508 e. The zero-order chi connectivity index (χ0) is 28.4. The highest BCUT2D eigenvalue weighted by Gasteiger charge is 2.24. The Bertz CT molecular complexity index is 1180. The van der Waals surface area contributed by atoms with Gasteiger partial charge in [-0.25, -0.2) is 0 Å². The van der Waals surface area contributed by atoms with E-state index in [0.29, 0.717) is 32.3 Å². The fourth-order valence-corrected chi connectivity index (χ4v) is 4.91. The topological polar surface area (TPSA) is 105 Å². The van der Waals surface area contributed by atoms with Gasteiger partial charge in [-0.15, -0.1) is 0 Å². The molecule has 0 radical (unpaired) electrons. The maximum Gasteiger partial charge on any atom is 0.126 e. The van der Waals surface area contributed by atoms with Crippen LogP contribution in [0.5, 0.6) is 17.2 Å². The zero-order valence-corrected chi connectivity index (χ0v) is 23.2. The van der Waals surface area contributed by atoms with E-state index in [2.05, 4.69) is 12.1 Å². The van der Waals surface area contributed by atoms with E-state index in [1.807, 2.05) is 51.1 Å². The van der Waals surface area contributed by atoms with Crippen molar-refractivity contribution < 1.29 is 34.3 Å². The molecule has 1 fully saturated rings. The minimum Gasteiger partial charge on any atom is -0.508 e. The first-order valence-corrected chi connectivity index (χ1v) is 13.3. The maximum absolute atomic E-state index is 10.8. The van der Waals surface area contributed by atoms with Gasteiger partial charge < -0.3 is 34.3 Å². The molecule has 0 saturated carbocycles. The van der Waals surface area contributed by atoms with Crippen molar-refractivity contribution in [1.82, 2.24) is 0 Å². The Hall–Kier alpha value is -3.39. The molecule has 0 aliphatic carbocycles. The normalized spacial score (nSPS) is 19.4. The average molecular weight is 537 g/mol. The van der Waals surface area contributed by atoms with Crippen LogP contribution in [0.15, 0.2) is 54.6 Å². The lowest BCUT2D eigenvalue weighted by Crippen LogP contribution is -2.26.